The Morgan fingerprint density at radius 1 is 1.35 bits per heavy atom. The molecule has 1 aliphatic carbocycles. The van der Waals surface area contributed by atoms with Gasteiger partial charge in [-0.3, -0.25) is 4.79 Å². The highest BCUT2D eigenvalue weighted by atomic mass is 32.2. The topological polar surface area (TPSA) is 102 Å². The number of nitrogens with zero attached hydrogens (tertiary/aromatic N) is 4. The summed E-state index contributed by atoms with van der Waals surface area (Å²) in [5.74, 6) is 7.95. The molecular weight excluding hydrogens is 312 g/mol. The summed E-state index contributed by atoms with van der Waals surface area (Å²) in [5, 5.41) is 9.46. The number of aromatic amines is 1. The summed E-state index contributed by atoms with van der Waals surface area (Å²) in [4.78, 5) is 19.5. The highest BCUT2D eigenvalue weighted by Crippen LogP contribution is 2.40. The first-order chi connectivity index (χ1) is 11.1. The van der Waals surface area contributed by atoms with Crippen molar-refractivity contribution < 1.29 is 0 Å². The number of nitrogen functional groups attached to an aromatic ring is 1. The number of nitrogens with one attached hydrogen (secondary N) is 1. The molecule has 0 aliphatic heterocycles. The second-order valence-corrected chi connectivity index (χ2v) is 7.02. The fourth-order valence-corrected chi connectivity index (χ4v) is 3.33. The van der Waals surface area contributed by atoms with Gasteiger partial charge in [0, 0.05) is 5.92 Å². The molecule has 3 N–H and O–H groups in total. The van der Waals surface area contributed by atoms with Crippen LogP contribution in [0.25, 0.3) is 10.9 Å². The van der Waals surface area contributed by atoms with Gasteiger partial charge in [-0.05, 0) is 31.9 Å². The van der Waals surface area contributed by atoms with Crippen molar-refractivity contribution in [1.29, 1.82) is 0 Å². The third kappa shape index (κ3) is 2.59. The fraction of sp³-hybridized carbons (Fsp3) is 0.333. The third-order valence-electron chi connectivity index (χ3n) is 3.93. The quantitative estimate of drug-likeness (QED) is 0.560. The number of aromatic nitrogens is 5. The number of benzene rings is 1. The van der Waals surface area contributed by atoms with E-state index in [9.17, 15) is 4.79 Å². The van der Waals surface area contributed by atoms with Crippen molar-refractivity contribution in [3.05, 3.63) is 46.3 Å². The molecule has 7 nitrogen and oxygen atoms in total. The standard InChI is InChI=1S/C15H16N6OS/c1-8(23-15-20-19-13(21(15)16)9-6-7-9)12-17-11-5-3-2-4-10(11)14(22)18-12/h2-5,8-9H,6-7,16H2,1H3,(H,17,18,22)/t8-/m0/s1. The van der Waals surface area contributed by atoms with Crippen LogP contribution in [0.2, 0.25) is 0 Å². The number of hydrogen-bond donors (Lipinski definition) is 2. The average molecular weight is 328 g/mol. The van der Waals surface area contributed by atoms with E-state index in [2.05, 4.69) is 20.2 Å². The third-order valence-corrected chi connectivity index (χ3v) is 5.00. The number of hydrogen-bond acceptors (Lipinski definition) is 6. The van der Waals surface area contributed by atoms with Crippen molar-refractivity contribution in [2.75, 3.05) is 5.84 Å². The van der Waals surface area contributed by atoms with Crippen LogP contribution in [-0.4, -0.2) is 24.8 Å². The maximum absolute atomic E-state index is 12.2. The predicted molar refractivity (Wildman–Crippen MR) is 88.8 cm³/mol. The fourth-order valence-electron chi connectivity index (χ4n) is 2.50. The monoisotopic (exact) mass is 328 g/mol. The lowest BCUT2D eigenvalue weighted by atomic mass is 10.2. The maximum atomic E-state index is 12.2. The molecule has 3 aromatic rings. The predicted octanol–water partition coefficient (Wildman–Crippen LogP) is 1.96. The molecular formula is C15H16N6OS. The van der Waals surface area contributed by atoms with Crippen molar-refractivity contribution in [3.8, 4) is 0 Å². The molecule has 1 aromatic carbocycles. The van der Waals surface area contributed by atoms with Gasteiger partial charge < -0.3 is 10.8 Å². The van der Waals surface area contributed by atoms with Gasteiger partial charge in [-0.25, -0.2) is 9.66 Å². The molecule has 0 saturated heterocycles. The van der Waals surface area contributed by atoms with Crippen LogP contribution in [0.15, 0.2) is 34.2 Å². The Labute approximate surface area is 136 Å². The van der Waals surface area contributed by atoms with Crippen LogP contribution in [0.4, 0.5) is 0 Å². The van der Waals surface area contributed by atoms with Gasteiger partial charge in [0.25, 0.3) is 5.56 Å². The second-order valence-electron chi connectivity index (χ2n) is 5.71. The van der Waals surface area contributed by atoms with Gasteiger partial charge in [-0.15, -0.1) is 10.2 Å². The molecule has 2 heterocycles. The van der Waals surface area contributed by atoms with E-state index in [0.717, 1.165) is 18.7 Å². The van der Waals surface area contributed by atoms with Crippen molar-refractivity contribution in [1.82, 2.24) is 24.8 Å². The molecule has 8 heteroatoms. The minimum Gasteiger partial charge on any atom is -0.336 e. The van der Waals surface area contributed by atoms with Gasteiger partial charge in [-0.1, -0.05) is 23.9 Å². The largest absolute Gasteiger partial charge is 0.336 e. The molecule has 0 unspecified atom stereocenters. The van der Waals surface area contributed by atoms with Gasteiger partial charge in [0.05, 0.1) is 16.2 Å². The molecule has 2 aromatic heterocycles. The van der Waals surface area contributed by atoms with Gasteiger partial charge in [0.15, 0.2) is 5.82 Å². The Morgan fingerprint density at radius 3 is 2.91 bits per heavy atom. The molecule has 0 amide bonds. The smallest absolute Gasteiger partial charge is 0.258 e. The van der Waals surface area contributed by atoms with E-state index < -0.39 is 0 Å². The minimum atomic E-state index is -0.133. The average Bonchev–Trinajstić information content (AvgIpc) is 3.33. The molecule has 1 atom stereocenters. The Hall–Kier alpha value is -2.35. The molecule has 1 fully saturated rings. The lowest BCUT2D eigenvalue weighted by molar-refractivity contribution is 0.785. The first-order valence-electron chi connectivity index (χ1n) is 7.49. The molecule has 118 valence electrons. The summed E-state index contributed by atoms with van der Waals surface area (Å²) in [7, 11) is 0. The number of H-pyrrole nitrogens is 1. The summed E-state index contributed by atoms with van der Waals surface area (Å²) in [6.07, 6.45) is 2.24. The van der Waals surface area contributed by atoms with Gasteiger partial charge in [-0.2, -0.15) is 0 Å². The molecule has 0 radical (unpaired) electrons. The number of rotatable bonds is 4. The molecule has 0 bridgehead atoms. The van der Waals surface area contributed by atoms with Gasteiger partial charge in [0.2, 0.25) is 5.16 Å². The van der Waals surface area contributed by atoms with E-state index in [4.69, 9.17) is 5.84 Å². The van der Waals surface area contributed by atoms with Crippen LogP contribution in [-0.2, 0) is 0 Å². The van der Waals surface area contributed by atoms with Crippen molar-refractivity contribution in [2.24, 2.45) is 0 Å². The van der Waals surface area contributed by atoms with Crippen LogP contribution in [0.1, 0.15) is 42.6 Å². The van der Waals surface area contributed by atoms with Gasteiger partial charge in [0.1, 0.15) is 5.82 Å². The number of thioether (sulfide) groups is 1. The molecule has 1 aliphatic rings. The van der Waals surface area contributed by atoms with E-state index in [1.165, 1.54) is 11.8 Å². The van der Waals surface area contributed by atoms with E-state index in [1.54, 1.807) is 10.7 Å². The van der Waals surface area contributed by atoms with Gasteiger partial charge >= 0.3 is 0 Å². The Morgan fingerprint density at radius 2 is 2.13 bits per heavy atom. The first kappa shape index (κ1) is 14.3. The van der Waals surface area contributed by atoms with Crippen LogP contribution < -0.4 is 11.4 Å². The number of para-hydroxylation sites is 1. The molecule has 0 spiro atoms. The summed E-state index contributed by atoms with van der Waals surface area (Å²) < 4.78 is 1.55. The SMILES string of the molecule is C[C@H](Sc1nnc(C2CC2)n1N)c1nc2ccccc2c(=O)[nH]1. The van der Waals surface area contributed by atoms with Crippen LogP contribution in [0.3, 0.4) is 0 Å². The second kappa shape index (κ2) is 5.38. The highest BCUT2D eigenvalue weighted by Gasteiger charge is 2.30. The first-order valence-corrected chi connectivity index (χ1v) is 8.37. The lowest BCUT2D eigenvalue weighted by Gasteiger charge is -2.10. The zero-order chi connectivity index (χ0) is 16.0. The summed E-state index contributed by atoms with van der Waals surface area (Å²) in [5.41, 5.74) is 0.553. The van der Waals surface area contributed by atoms with E-state index in [1.807, 2.05) is 25.1 Å². The van der Waals surface area contributed by atoms with Crippen molar-refractivity contribution in [3.63, 3.8) is 0 Å². The molecule has 23 heavy (non-hydrogen) atoms. The molecule has 4 rings (SSSR count). The van der Waals surface area contributed by atoms with Crippen molar-refractivity contribution in [2.45, 2.75) is 36.1 Å². The molecule has 1 saturated carbocycles. The van der Waals surface area contributed by atoms with Crippen LogP contribution in [0.5, 0.6) is 0 Å². The Bertz CT molecular complexity index is 929. The highest BCUT2D eigenvalue weighted by molar-refractivity contribution is 7.99. The summed E-state index contributed by atoms with van der Waals surface area (Å²) in [6.45, 7) is 1.96. The van der Waals surface area contributed by atoms with Crippen LogP contribution in [0, 0.1) is 0 Å². The van der Waals surface area contributed by atoms with E-state index in [-0.39, 0.29) is 10.8 Å². The Kier molecular flexibility index (Phi) is 3.33. The maximum Gasteiger partial charge on any atom is 0.258 e. The van der Waals surface area contributed by atoms with E-state index in [0.29, 0.717) is 27.8 Å². The zero-order valence-corrected chi connectivity index (χ0v) is 13.4. The lowest BCUT2D eigenvalue weighted by Crippen LogP contribution is -2.15. The Balaban J connectivity index is 1.64. The zero-order valence-electron chi connectivity index (χ0n) is 12.6. The van der Waals surface area contributed by atoms with Crippen molar-refractivity contribution >= 4 is 22.7 Å². The number of nitrogens with two attached hydrogens (primary N) is 1. The summed E-state index contributed by atoms with van der Waals surface area (Å²) >= 11 is 1.44. The minimum absolute atomic E-state index is 0.0918. The number of fused-ring (bicyclic) bond motifs is 1. The van der Waals surface area contributed by atoms with E-state index >= 15 is 0 Å². The summed E-state index contributed by atoms with van der Waals surface area (Å²) in [6, 6.07) is 7.30. The normalized spacial score (nSPS) is 15.9. The van der Waals surface area contributed by atoms with Crippen LogP contribution >= 0.6 is 11.8 Å².